The zero-order valence-corrected chi connectivity index (χ0v) is 15.4. The second kappa shape index (κ2) is 8.60. The Morgan fingerprint density at radius 2 is 1.32 bits per heavy atom. The fourth-order valence-electron chi connectivity index (χ4n) is 1.96. The largest absolute Gasteiger partial charge is 0.478 e. The van der Waals surface area contributed by atoms with Crippen LogP contribution in [0.1, 0.15) is 31.8 Å². The summed E-state index contributed by atoms with van der Waals surface area (Å²) >= 11 is 11.4. The highest BCUT2D eigenvalue weighted by atomic mass is 35.5. The Hall–Kier alpha value is -2.44. The van der Waals surface area contributed by atoms with E-state index in [0.29, 0.717) is 26.9 Å². The monoisotopic (exact) mass is 384 g/mol. The number of carboxylic acid groups (broad SMARTS) is 1. The molecule has 0 aliphatic heterocycles. The second-order valence-corrected chi connectivity index (χ2v) is 6.04. The molecule has 0 amide bonds. The SMILES string of the molecule is COC(=O)c1cc(Cl)cc(C)c1N.Cc1cc(Cl)cc(C(=O)O)c1N. The van der Waals surface area contributed by atoms with Gasteiger partial charge in [0.2, 0.25) is 0 Å². The van der Waals surface area contributed by atoms with Gasteiger partial charge in [0.15, 0.2) is 0 Å². The molecule has 0 unspecified atom stereocenters. The number of rotatable bonds is 2. The van der Waals surface area contributed by atoms with E-state index in [-0.39, 0.29) is 11.3 Å². The molecule has 5 N–H and O–H groups in total. The maximum atomic E-state index is 11.2. The number of aryl methyl sites for hydroxylation is 2. The van der Waals surface area contributed by atoms with Crippen LogP contribution in [0.5, 0.6) is 0 Å². The summed E-state index contributed by atoms with van der Waals surface area (Å²) in [7, 11) is 1.30. The molecule has 0 spiro atoms. The molecule has 2 rings (SSSR count). The van der Waals surface area contributed by atoms with Crippen LogP contribution in [0.2, 0.25) is 10.0 Å². The number of carbonyl (C=O) groups is 2. The number of carbonyl (C=O) groups excluding carboxylic acids is 1. The number of nitrogens with two attached hydrogens (primary N) is 2. The first-order chi connectivity index (χ1) is 11.6. The number of anilines is 2. The number of benzene rings is 2. The van der Waals surface area contributed by atoms with Gasteiger partial charge in [-0.2, -0.15) is 0 Å². The minimum Gasteiger partial charge on any atom is -0.478 e. The van der Waals surface area contributed by atoms with Crippen molar-refractivity contribution in [3.05, 3.63) is 56.6 Å². The third-order valence-corrected chi connectivity index (χ3v) is 3.78. The summed E-state index contributed by atoms with van der Waals surface area (Å²) < 4.78 is 4.55. The van der Waals surface area contributed by atoms with Gasteiger partial charge < -0.3 is 21.3 Å². The van der Waals surface area contributed by atoms with E-state index in [1.54, 1.807) is 26.0 Å². The van der Waals surface area contributed by atoms with Gasteiger partial charge >= 0.3 is 11.9 Å². The number of hydrogen-bond donors (Lipinski definition) is 3. The zero-order valence-electron chi connectivity index (χ0n) is 13.9. The van der Waals surface area contributed by atoms with Gasteiger partial charge in [-0.25, -0.2) is 9.59 Å². The van der Waals surface area contributed by atoms with E-state index in [4.69, 9.17) is 39.8 Å². The first kappa shape index (κ1) is 20.6. The minimum absolute atomic E-state index is 0.0556. The highest BCUT2D eigenvalue weighted by Gasteiger charge is 2.12. The lowest BCUT2D eigenvalue weighted by Gasteiger charge is -2.06. The van der Waals surface area contributed by atoms with Crippen LogP contribution in [0, 0.1) is 13.8 Å². The highest BCUT2D eigenvalue weighted by Crippen LogP contribution is 2.23. The standard InChI is InChI=1S/C9H10ClNO2.C8H8ClNO2/c1-5-3-6(10)4-7(8(5)11)9(12)13-2;1-4-2-5(9)3-6(7(4)10)8(11)12/h3-4H,11H2,1-2H3;2-3H,10H2,1H3,(H,11,12). The van der Waals surface area contributed by atoms with Gasteiger partial charge in [0.1, 0.15) is 0 Å². The van der Waals surface area contributed by atoms with E-state index in [9.17, 15) is 9.59 Å². The summed E-state index contributed by atoms with van der Waals surface area (Å²) in [6.45, 7) is 3.50. The van der Waals surface area contributed by atoms with Gasteiger partial charge in [-0.15, -0.1) is 0 Å². The van der Waals surface area contributed by atoms with Crippen LogP contribution in [0.4, 0.5) is 11.4 Å². The van der Waals surface area contributed by atoms with Crippen molar-refractivity contribution in [1.29, 1.82) is 0 Å². The summed E-state index contributed by atoms with van der Waals surface area (Å²) in [6, 6.07) is 6.16. The zero-order chi connectivity index (χ0) is 19.3. The van der Waals surface area contributed by atoms with E-state index in [1.165, 1.54) is 19.2 Å². The van der Waals surface area contributed by atoms with Crippen molar-refractivity contribution in [2.75, 3.05) is 18.6 Å². The summed E-state index contributed by atoms with van der Waals surface area (Å²) in [6.07, 6.45) is 0. The number of aromatic carboxylic acids is 1. The lowest BCUT2D eigenvalue weighted by Crippen LogP contribution is -2.06. The maximum Gasteiger partial charge on any atom is 0.340 e. The van der Waals surface area contributed by atoms with Gasteiger partial charge in [0.25, 0.3) is 0 Å². The molecule has 6 nitrogen and oxygen atoms in total. The molecule has 134 valence electrons. The van der Waals surface area contributed by atoms with Crippen molar-refractivity contribution < 1.29 is 19.4 Å². The highest BCUT2D eigenvalue weighted by molar-refractivity contribution is 6.31. The molecular weight excluding hydrogens is 367 g/mol. The van der Waals surface area contributed by atoms with Crippen LogP contribution in [-0.4, -0.2) is 24.2 Å². The molecule has 0 fully saturated rings. The van der Waals surface area contributed by atoms with Crippen molar-refractivity contribution in [2.24, 2.45) is 0 Å². The average molecular weight is 385 g/mol. The molecule has 0 bridgehead atoms. The Balaban J connectivity index is 0.000000251. The van der Waals surface area contributed by atoms with Crippen molar-refractivity contribution in [1.82, 2.24) is 0 Å². The molecule has 0 radical (unpaired) electrons. The molecule has 0 saturated heterocycles. The van der Waals surface area contributed by atoms with E-state index in [1.807, 2.05) is 0 Å². The molecule has 0 aliphatic rings. The molecule has 0 atom stereocenters. The smallest absolute Gasteiger partial charge is 0.340 e. The van der Waals surface area contributed by atoms with Crippen LogP contribution < -0.4 is 11.5 Å². The second-order valence-electron chi connectivity index (χ2n) is 5.16. The Morgan fingerprint density at radius 3 is 1.72 bits per heavy atom. The number of carboxylic acids is 1. The van der Waals surface area contributed by atoms with Crippen LogP contribution in [0.3, 0.4) is 0 Å². The van der Waals surface area contributed by atoms with Crippen molar-refractivity contribution in [3.63, 3.8) is 0 Å². The Bertz CT molecular complexity index is 823. The molecule has 2 aromatic rings. The predicted octanol–water partition coefficient (Wildman–Crippen LogP) is 3.95. The minimum atomic E-state index is -1.06. The summed E-state index contributed by atoms with van der Waals surface area (Å²) in [5.74, 6) is -1.53. The molecule has 0 aromatic heterocycles. The molecular formula is C17H18Cl2N2O4. The van der Waals surface area contributed by atoms with Gasteiger partial charge in [-0.1, -0.05) is 23.2 Å². The quantitative estimate of drug-likeness (QED) is 0.533. The molecule has 2 aromatic carbocycles. The van der Waals surface area contributed by atoms with Gasteiger partial charge in [-0.3, -0.25) is 0 Å². The molecule has 25 heavy (non-hydrogen) atoms. The van der Waals surface area contributed by atoms with Crippen LogP contribution in [0.25, 0.3) is 0 Å². The van der Waals surface area contributed by atoms with Crippen molar-refractivity contribution >= 4 is 46.5 Å². The predicted molar refractivity (Wildman–Crippen MR) is 99.5 cm³/mol. The summed E-state index contributed by atoms with van der Waals surface area (Å²) in [5, 5.41) is 9.54. The fraction of sp³-hybridized carbons (Fsp3) is 0.176. The third-order valence-electron chi connectivity index (χ3n) is 3.34. The topological polar surface area (TPSA) is 116 Å². The van der Waals surface area contributed by atoms with Crippen LogP contribution >= 0.6 is 23.2 Å². The van der Waals surface area contributed by atoms with E-state index >= 15 is 0 Å². The lowest BCUT2D eigenvalue weighted by molar-refractivity contribution is 0.0601. The van der Waals surface area contributed by atoms with E-state index < -0.39 is 11.9 Å². The van der Waals surface area contributed by atoms with Crippen LogP contribution in [0.15, 0.2) is 24.3 Å². The van der Waals surface area contributed by atoms with Crippen molar-refractivity contribution in [2.45, 2.75) is 13.8 Å². The van der Waals surface area contributed by atoms with Gasteiger partial charge in [0.05, 0.1) is 18.2 Å². The number of esters is 1. The Kier molecular flexibility index (Phi) is 7.09. The summed E-state index contributed by atoms with van der Waals surface area (Å²) in [5.41, 5.74) is 13.7. The van der Waals surface area contributed by atoms with Gasteiger partial charge in [0, 0.05) is 21.4 Å². The Labute approximate surface area is 155 Å². The van der Waals surface area contributed by atoms with E-state index in [2.05, 4.69) is 4.74 Å². The fourth-order valence-corrected chi connectivity index (χ4v) is 2.51. The number of methoxy groups -OCH3 is 1. The lowest BCUT2D eigenvalue weighted by atomic mass is 10.1. The first-order valence-electron chi connectivity index (χ1n) is 7.01. The van der Waals surface area contributed by atoms with Crippen molar-refractivity contribution in [3.8, 4) is 0 Å². The normalized spacial score (nSPS) is 9.80. The van der Waals surface area contributed by atoms with Crippen LogP contribution in [-0.2, 0) is 4.74 Å². The first-order valence-corrected chi connectivity index (χ1v) is 7.76. The molecule has 0 saturated carbocycles. The molecule has 8 heteroatoms. The summed E-state index contributed by atoms with van der Waals surface area (Å²) in [4.78, 5) is 21.8. The number of hydrogen-bond acceptors (Lipinski definition) is 5. The maximum absolute atomic E-state index is 11.2. The average Bonchev–Trinajstić information content (AvgIpc) is 2.53. The third kappa shape index (κ3) is 5.27. The molecule has 0 heterocycles. The van der Waals surface area contributed by atoms with E-state index in [0.717, 1.165) is 5.56 Å². The number of halogens is 2. The molecule has 0 aliphatic carbocycles. The number of nitrogen functional groups attached to an aromatic ring is 2. The number of ether oxygens (including phenoxy) is 1. The van der Waals surface area contributed by atoms with Gasteiger partial charge in [-0.05, 0) is 49.2 Å². The Morgan fingerprint density at radius 1 is 0.920 bits per heavy atom.